The van der Waals surface area contributed by atoms with Crippen LogP contribution < -0.4 is 18.9 Å². The number of hydrogen-bond acceptors (Lipinski definition) is 8. The Hall–Kier alpha value is -4.73. The van der Waals surface area contributed by atoms with Gasteiger partial charge in [0.1, 0.15) is 42.0 Å². The zero-order valence-electron chi connectivity index (χ0n) is 22.4. The Kier molecular flexibility index (Phi) is 8.88. The number of fused-ring (bicyclic) bond motifs is 1. The van der Waals surface area contributed by atoms with E-state index in [1.807, 2.05) is 41.9 Å². The van der Waals surface area contributed by atoms with Crippen LogP contribution in [0.1, 0.15) is 18.3 Å². The van der Waals surface area contributed by atoms with Crippen LogP contribution in [-0.2, 0) is 29.7 Å². The summed E-state index contributed by atoms with van der Waals surface area (Å²) in [5, 5.41) is 0. The van der Waals surface area contributed by atoms with Gasteiger partial charge in [-0.05, 0) is 61.0 Å². The van der Waals surface area contributed by atoms with Crippen LogP contribution in [0.3, 0.4) is 0 Å². The van der Waals surface area contributed by atoms with Crippen LogP contribution in [0, 0.1) is 0 Å². The molecule has 1 heterocycles. The van der Waals surface area contributed by atoms with Crippen LogP contribution in [0.15, 0.2) is 66.7 Å². The fourth-order valence-corrected chi connectivity index (χ4v) is 3.89. The third kappa shape index (κ3) is 6.98. The third-order valence-corrected chi connectivity index (χ3v) is 5.99. The number of ether oxygens (including phenoxy) is 5. The number of carbonyl (C=O) groups excluding carboxylic acids is 2. The summed E-state index contributed by atoms with van der Waals surface area (Å²) >= 11 is 0. The molecule has 0 bridgehead atoms. The maximum Gasteiger partial charge on any atom is 0.416 e. The number of aromatic nitrogens is 2. The average molecular weight is 534 g/mol. The maximum atomic E-state index is 12.9. The van der Waals surface area contributed by atoms with Gasteiger partial charge in [-0.2, -0.15) is 0 Å². The number of benzene rings is 3. The van der Waals surface area contributed by atoms with Crippen LogP contribution >= 0.6 is 0 Å². The van der Waals surface area contributed by atoms with E-state index >= 15 is 0 Å². The van der Waals surface area contributed by atoms with Crippen molar-refractivity contribution < 1.29 is 33.3 Å². The number of nitrogens with zero attached hydrogens (tertiary/aromatic N) is 3. The first kappa shape index (κ1) is 27.3. The lowest BCUT2D eigenvalue weighted by Crippen LogP contribution is -2.38. The van der Waals surface area contributed by atoms with Gasteiger partial charge in [-0.3, -0.25) is 9.69 Å². The smallest absolute Gasteiger partial charge is 0.416 e. The summed E-state index contributed by atoms with van der Waals surface area (Å²) in [5.41, 5.74) is 2.59. The van der Waals surface area contributed by atoms with Crippen molar-refractivity contribution in [1.82, 2.24) is 14.5 Å². The van der Waals surface area contributed by atoms with Crippen molar-refractivity contribution in [2.75, 3.05) is 27.4 Å². The Morgan fingerprint density at radius 3 is 2.18 bits per heavy atom. The molecule has 0 N–H and O–H groups in total. The van der Waals surface area contributed by atoms with Crippen molar-refractivity contribution >= 4 is 23.1 Å². The fourth-order valence-electron chi connectivity index (χ4n) is 3.89. The van der Waals surface area contributed by atoms with Crippen molar-refractivity contribution in [2.45, 2.75) is 20.1 Å². The van der Waals surface area contributed by atoms with E-state index in [0.717, 1.165) is 28.2 Å². The zero-order chi connectivity index (χ0) is 27.8. The van der Waals surface area contributed by atoms with Gasteiger partial charge < -0.3 is 28.3 Å². The van der Waals surface area contributed by atoms with Gasteiger partial charge >= 0.3 is 12.1 Å². The van der Waals surface area contributed by atoms with Crippen LogP contribution in [0.2, 0.25) is 0 Å². The molecular formula is C29H31N3O7. The second-order valence-corrected chi connectivity index (χ2v) is 8.58. The molecule has 0 aliphatic heterocycles. The molecule has 0 saturated carbocycles. The number of aryl methyl sites for hydroxylation is 1. The predicted octanol–water partition coefficient (Wildman–Crippen LogP) is 4.73. The molecule has 4 aromatic rings. The molecule has 39 heavy (non-hydrogen) atoms. The van der Waals surface area contributed by atoms with Crippen LogP contribution in [0.5, 0.6) is 23.0 Å². The summed E-state index contributed by atoms with van der Waals surface area (Å²) in [4.78, 5) is 31.0. The molecule has 1 amide bonds. The van der Waals surface area contributed by atoms with Crippen LogP contribution in [0.4, 0.5) is 4.79 Å². The van der Waals surface area contributed by atoms with Crippen molar-refractivity contribution in [3.63, 3.8) is 0 Å². The van der Waals surface area contributed by atoms with E-state index in [4.69, 9.17) is 23.7 Å². The van der Waals surface area contributed by atoms with Crippen molar-refractivity contribution in [2.24, 2.45) is 7.05 Å². The first-order chi connectivity index (χ1) is 18.9. The van der Waals surface area contributed by atoms with E-state index in [1.54, 1.807) is 57.5 Å². The number of hydrogen-bond donors (Lipinski definition) is 0. The largest absolute Gasteiger partial charge is 0.497 e. The van der Waals surface area contributed by atoms with Gasteiger partial charge in [0.2, 0.25) is 0 Å². The standard InChI is InChI=1S/C29H31N3O7/c1-5-37-28(33)18-32(29(34)39-23-12-10-21(35-3)11-13-23)17-20-6-8-22(9-7-20)38-19-27-30-25-15-14-24(36-4)16-26(25)31(27)2/h6-16H,5,17-19H2,1-4H3. The molecule has 3 aromatic carbocycles. The fraction of sp³-hybridized carbons (Fsp3) is 0.276. The molecule has 0 aliphatic rings. The first-order valence-corrected chi connectivity index (χ1v) is 12.4. The Morgan fingerprint density at radius 2 is 1.51 bits per heavy atom. The van der Waals surface area contributed by atoms with Gasteiger partial charge in [-0.15, -0.1) is 0 Å². The molecule has 0 aliphatic carbocycles. The van der Waals surface area contributed by atoms with E-state index in [1.165, 1.54) is 4.90 Å². The molecule has 10 nitrogen and oxygen atoms in total. The highest BCUT2D eigenvalue weighted by Crippen LogP contribution is 2.23. The number of rotatable bonds is 11. The maximum absolute atomic E-state index is 12.9. The molecule has 0 fully saturated rings. The van der Waals surface area contributed by atoms with E-state index < -0.39 is 12.1 Å². The summed E-state index contributed by atoms with van der Waals surface area (Å²) in [7, 11) is 5.11. The number of carbonyl (C=O) groups is 2. The van der Waals surface area contributed by atoms with Gasteiger partial charge in [-0.1, -0.05) is 12.1 Å². The number of esters is 1. The zero-order valence-corrected chi connectivity index (χ0v) is 22.4. The van der Waals surface area contributed by atoms with Crippen molar-refractivity contribution in [1.29, 1.82) is 0 Å². The monoisotopic (exact) mass is 533 g/mol. The molecule has 0 atom stereocenters. The van der Waals surface area contributed by atoms with Crippen LogP contribution in [0.25, 0.3) is 11.0 Å². The molecule has 4 rings (SSSR count). The van der Waals surface area contributed by atoms with Gasteiger partial charge in [0.05, 0.1) is 31.9 Å². The van der Waals surface area contributed by atoms with E-state index in [9.17, 15) is 9.59 Å². The van der Waals surface area contributed by atoms with Crippen molar-refractivity contribution in [3.05, 3.63) is 78.1 Å². The van der Waals surface area contributed by atoms with Crippen LogP contribution in [-0.4, -0.2) is 53.9 Å². The summed E-state index contributed by atoms with van der Waals surface area (Å²) in [6.45, 7) is 2.09. The van der Waals surface area contributed by atoms with Gasteiger partial charge in [0.15, 0.2) is 0 Å². The number of methoxy groups -OCH3 is 2. The van der Waals surface area contributed by atoms with E-state index in [-0.39, 0.29) is 26.3 Å². The lowest BCUT2D eigenvalue weighted by molar-refractivity contribution is -0.144. The minimum absolute atomic E-state index is 0.140. The SMILES string of the molecule is CCOC(=O)CN(Cc1ccc(OCc2nc3ccc(OC)cc3n2C)cc1)C(=O)Oc1ccc(OC)cc1. The number of imidazole rings is 1. The second kappa shape index (κ2) is 12.7. The third-order valence-electron chi connectivity index (χ3n) is 5.99. The normalized spacial score (nSPS) is 10.7. The Labute approximate surface area is 226 Å². The molecule has 204 valence electrons. The van der Waals surface area contributed by atoms with Gasteiger partial charge in [-0.25, -0.2) is 9.78 Å². The molecule has 0 saturated heterocycles. The quantitative estimate of drug-likeness (QED) is 0.255. The highest BCUT2D eigenvalue weighted by molar-refractivity contribution is 5.79. The summed E-state index contributed by atoms with van der Waals surface area (Å²) in [5.74, 6) is 2.61. The molecule has 0 radical (unpaired) electrons. The molecule has 1 aromatic heterocycles. The number of amides is 1. The van der Waals surface area contributed by atoms with Crippen molar-refractivity contribution in [3.8, 4) is 23.0 Å². The Bertz CT molecular complexity index is 1420. The predicted molar refractivity (Wildman–Crippen MR) is 144 cm³/mol. The van der Waals surface area contributed by atoms with E-state index in [0.29, 0.717) is 17.2 Å². The molecule has 0 unspecified atom stereocenters. The average Bonchev–Trinajstić information content (AvgIpc) is 3.27. The topological polar surface area (TPSA) is 101 Å². The lowest BCUT2D eigenvalue weighted by Gasteiger charge is -2.21. The summed E-state index contributed by atoms with van der Waals surface area (Å²) in [6, 6.07) is 19.6. The lowest BCUT2D eigenvalue weighted by atomic mass is 10.2. The molecular weight excluding hydrogens is 502 g/mol. The van der Waals surface area contributed by atoms with E-state index in [2.05, 4.69) is 4.98 Å². The summed E-state index contributed by atoms with van der Waals surface area (Å²) in [6.07, 6.45) is -0.674. The first-order valence-electron chi connectivity index (χ1n) is 12.4. The Balaban J connectivity index is 1.41. The minimum atomic E-state index is -0.674. The highest BCUT2D eigenvalue weighted by Gasteiger charge is 2.21. The highest BCUT2D eigenvalue weighted by atomic mass is 16.6. The van der Waals surface area contributed by atoms with Gasteiger partial charge in [0, 0.05) is 19.7 Å². The summed E-state index contributed by atoms with van der Waals surface area (Å²) < 4.78 is 28.9. The Morgan fingerprint density at radius 1 is 0.872 bits per heavy atom. The molecule has 10 heteroatoms. The molecule has 0 spiro atoms. The second-order valence-electron chi connectivity index (χ2n) is 8.58. The minimum Gasteiger partial charge on any atom is -0.497 e. The van der Waals surface area contributed by atoms with Gasteiger partial charge in [0.25, 0.3) is 0 Å².